The molecule has 0 spiro atoms. The van der Waals surface area contributed by atoms with Crippen molar-refractivity contribution in [3.63, 3.8) is 0 Å². The van der Waals surface area contributed by atoms with E-state index < -0.39 is 0 Å². The molecule has 0 saturated heterocycles. The molecule has 2 heterocycles. The summed E-state index contributed by atoms with van der Waals surface area (Å²) in [7, 11) is 1.76. The minimum atomic E-state index is -0.0239. The predicted octanol–water partition coefficient (Wildman–Crippen LogP) is 5.24. The van der Waals surface area contributed by atoms with Crippen LogP contribution in [-0.2, 0) is 11.3 Å². The van der Waals surface area contributed by atoms with Crippen molar-refractivity contribution in [1.82, 2.24) is 19.7 Å². The van der Waals surface area contributed by atoms with E-state index in [0.717, 1.165) is 22.6 Å². The number of halogens is 1. The molecule has 0 saturated carbocycles. The van der Waals surface area contributed by atoms with Gasteiger partial charge in [-0.25, -0.2) is 0 Å². The fraction of sp³-hybridized carbons (Fsp3) is 0.174. The summed E-state index contributed by atoms with van der Waals surface area (Å²) in [5.74, 6) is 1.66. The van der Waals surface area contributed by atoms with E-state index in [2.05, 4.69) is 16.3 Å². The van der Waals surface area contributed by atoms with Gasteiger partial charge in [-0.1, -0.05) is 47.1 Å². The van der Waals surface area contributed by atoms with Crippen LogP contribution in [0.2, 0.25) is 5.02 Å². The van der Waals surface area contributed by atoms with E-state index in [1.165, 1.54) is 11.8 Å². The quantitative estimate of drug-likeness (QED) is 0.359. The highest BCUT2D eigenvalue weighted by Gasteiger charge is 2.19. The number of benzene rings is 2. The van der Waals surface area contributed by atoms with Crippen molar-refractivity contribution in [3.8, 4) is 17.1 Å². The largest absolute Gasteiger partial charge is 0.467 e. The number of furan rings is 1. The van der Waals surface area contributed by atoms with Gasteiger partial charge in [0.05, 0.1) is 18.6 Å². The molecule has 8 heteroatoms. The fourth-order valence-electron chi connectivity index (χ4n) is 3.12. The van der Waals surface area contributed by atoms with Crippen LogP contribution in [0.4, 0.5) is 0 Å². The molecule has 31 heavy (non-hydrogen) atoms. The molecule has 0 fully saturated rings. The van der Waals surface area contributed by atoms with E-state index in [-0.39, 0.29) is 11.7 Å². The number of aryl methyl sites for hydroxylation is 1. The number of rotatable bonds is 7. The lowest BCUT2D eigenvalue weighted by Crippen LogP contribution is -2.27. The Kier molecular flexibility index (Phi) is 6.44. The molecule has 0 bridgehead atoms. The molecule has 1 amide bonds. The maximum Gasteiger partial charge on any atom is 0.233 e. The minimum Gasteiger partial charge on any atom is -0.467 e. The third kappa shape index (κ3) is 5.00. The molecule has 4 rings (SSSR count). The van der Waals surface area contributed by atoms with Gasteiger partial charge in [-0.2, -0.15) is 0 Å². The first kappa shape index (κ1) is 21.2. The molecule has 0 unspecified atom stereocenters. The predicted molar refractivity (Wildman–Crippen MR) is 122 cm³/mol. The number of aromatic nitrogens is 3. The smallest absolute Gasteiger partial charge is 0.233 e. The molecule has 2 aromatic carbocycles. The van der Waals surface area contributed by atoms with Gasteiger partial charge in [-0.05, 0) is 49.4 Å². The number of carbonyl (C=O) groups is 1. The van der Waals surface area contributed by atoms with Gasteiger partial charge in [0.2, 0.25) is 5.91 Å². The van der Waals surface area contributed by atoms with Gasteiger partial charge >= 0.3 is 0 Å². The number of hydrogen-bond donors (Lipinski definition) is 0. The second-order valence-electron chi connectivity index (χ2n) is 7.11. The van der Waals surface area contributed by atoms with Gasteiger partial charge in [0, 0.05) is 23.3 Å². The number of thioether (sulfide) groups is 1. The summed E-state index contributed by atoms with van der Waals surface area (Å²) in [6, 6.07) is 19.2. The topological polar surface area (TPSA) is 64.2 Å². The Hall–Kier alpha value is -3.03. The fourth-order valence-corrected chi connectivity index (χ4v) is 4.14. The second-order valence-corrected chi connectivity index (χ2v) is 8.48. The highest BCUT2D eigenvalue weighted by atomic mass is 35.5. The van der Waals surface area contributed by atoms with Crippen LogP contribution in [0, 0.1) is 6.92 Å². The molecule has 0 N–H and O–H groups in total. The molecule has 0 aliphatic heterocycles. The van der Waals surface area contributed by atoms with Gasteiger partial charge < -0.3 is 9.32 Å². The van der Waals surface area contributed by atoms with Crippen LogP contribution in [0.15, 0.2) is 76.5 Å². The first-order chi connectivity index (χ1) is 15.0. The Bertz CT molecular complexity index is 1170. The summed E-state index contributed by atoms with van der Waals surface area (Å²) in [6.45, 7) is 2.46. The van der Waals surface area contributed by atoms with E-state index in [1.54, 1.807) is 18.2 Å². The van der Waals surface area contributed by atoms with Crippen molar-refractivity contribution in [1.29, 1.82) is 0 Å². The summed E-state index contributed by atoms with van der Waals surface area (Å²) < 4.78 is 7.28. The summed E-state index contributed by atoms with van der Waals surface area (Å²) in [5, 5.41) is 10.1. The first-order valence-corrected chi connectivity index (χ1v) is 11.0. The Morgan fingerprint density at radius 3 is 2.65 bits per heavy atom. The Morgan fingerprint density at radius 1 is 1.13 bits per heavy atom. The lowest BCUT2D eigenvalue weighted by molar-refractivity contribution is -0.127. The van der Waals surface area contributed by atoms with E-state index in [4.69, 9.17) is 16.0 Å². The number of carbonyl (C=O) groups excluding carboxylic acids is 1. The highest BCUT2D eigenvalue weighted by molar-refractivity contribution is 7.99. The van der Waals surface area contributed by atoms with Crippen LogP contribution in [0.5, 0.6) is 0 Å². The van der Waals surface area contributed by atoms with Crippen molar-refractivity contribution < 1.29 is 9.21 Å². The maximum absolute atomic E-state index is 12.6. The number of nitrogens with zero attached hydrogens (tertiary/aromatic N) is 4. The molecule has 0 atom stereocenters. The van der Waals surface area contributed by atoms with Crippen LogP contribution < -0.4 is 0 Å². The zero-order valence-electron chi connectivity index (χ0n) is 17.2. The van der Waals surface area contributed by atoms with Crippen molar-refractivity contribution >= 4 is 29.3 Å². The lowest BCUT2D eigenvalue weighted by Gasteiger charge is -2.15. The molecule has 0 radical (unpaired) electrons. The van der Waals surface area contributed by atoms with Crippen LogP contribution in [0.1, 0.15) is 11.3 Å². The molecule has 158 valence electrons. The summed E-state index contributed by atoms with van der Waals surface area (Å²) >= 11 is 7.43. The Morgan fingerprint density at radius 2 is 1.94 bits per heavy atom. The normalized spacial score (nSPS) is 10.9. The van der Waals surface area contributed by atoms with Gasteiger partial charge in [-0.15, -0.1) is 10.2 Å². The average molecular weight is 453 g/mol. The number of amides is 1. The summed E-state index contributed by atoms with van der Waals surface area (Å²) in [5.41, 5.74) is 2.97. The van der Waals surface area contributed by atoms with Gasteiger partial charge in [0.15, 0.2) is 11.0 Å². The van der Waals surface area contributed by atoms with Crippen molar-refractivity contribution in [3.05, 3.63) is 83.3 Å². The summed E-state index contributed by atoms with van der Waals surface area (Å²) in [4.78, 5) is 14.3. The molecule has 6 nitrogen and oxygen atoms in total. The molecule has 0 aliphatic carbocycles. The summed E-state index contributed by atoms with van der Waals surface area (Å²) in [6.07, 6.45) is 1.60. The third-order valence-electron chi connectivity index (χ3n) is 4.72. The first-order valence-electron chi connectivity index (χ1n) is 9.69. The molecule has 0 aliphatic rings. The lowest BCUT2D eigenvalue weighted by atomic mass is 10.1. The van der Waals surface area contributed by atoms with E-state index in [1.807, 2.05) is 66.1 Å². The van der Waals surface area contributed by atoms with Crippen LogP contribution >= 0.6 is 23.4 Å². The SMILES string of the molecule is Cc1cccc(-c2nnc(SCC(=O)N(C)Cc3ccco3)n2-c2ccc(Cl)cc2)c1. The van der Waals surface area contributed by atoms with Gasteiger partial charge in [0.25, 0.3) is 0 Å². The molecule has 4 aromatic rings. The Labute approximate surface area is 189 Å². The van der Waals surface area contributed by atoms with Gasteiger partial charge in [-0.3, -0.25) is 9.36 Å². The Balaban J connectivity index is 1.60. The zero-order valence-corrected chi connectivity index (χ0v) is 18.7. The minimum absolute atomic E-state index is 0.0239. The average Bonchev–Trinajstić information content (AvgIpc) is 3.42. The van der Waals surface area contributed by atoms with Crippen molar-refractivity contribution in [2.24, 2.45) is 0 Å². The van der Waals surface area contributed by atoms with E-state index in [9.17, 15) is 4.79 Å². The molecular formula is C23H21ClN4O2S. The molecule has 2 aromatic heterocycles. The highest BCUT2D eigenvalue weighted by Crippen LogP contribution is 2.29. The van der Waals surface area contributed by atoms with Gasteiger partial charge in [0.1, 0.15) is 5.76 Å². The van der Waals surface area contributed by atoms with Crippen LogP contribution in [0.25, 0.3) is 17.1 Å². The van der Waals surface area contributed by atoms with Crippen LogP contribution in [0.3, 0.4) is 0 Å². The third-order valence-corrected chi connectivity index (χ3v) is 5.88. The number of hydrogen-bond acceptors (Lipinski definition) is 5. The zero-order chi connectivity index (χ0) is 21.8. The van der Waals surface area contributed by atoms with Crippen molar-refractivity contribution in [2.75, 3.05) is 12.8 Å². The monoisotopic (exact) mass is 452 g/mol. The van der Waals surface area contributed by atoms with Crippen molar-refractivity contribution in [2.45, 2.75) is 18.6 Å². The molecular weight excluding hydrogens is 432 g/mol. The van der Waals surface area contributed by atoms with Crippen LogP contribution in [-0.4, -0.2) is 38.4 Å². The van der Waals surface area contributed by atoms with E-state index >= 15 is 0 Å². The van der Waals surface area contributed by atoms with E-state index in [0.29, 0.717) is 22.5 Å². The maximum atomic E-state index is 12.6. The second kappa shape index (κ2) is 9.41. The standard InChI is InChI=1S/C23H21ClN4O2S/c1-16-5-3-6-17(13-16)22-25-26-23(28(22)19-10-8-18(24)9-11-19)31-15-21(29)27(2)14-20-7-4-12-30-20/h3-13H,14-15H2,1-2H3.